The summed E-state index contributed by atoms with van der Waals surface area (Å²) >= 11 is 0. The molecule has 3 radical (unpaired) electrons. The topological polar surface area (TPSA) is 147 Å². The van der Waals surface area contributed by atoms with Gasteiger partial charge in [0, 0.05) is 147 Å². The smallest absolute Gasteiger partial charge is 0.0683 e. The molecule has 0 saturated heterocycles. The van der Waals surface area contributed by atoms with Crippen molar-refractivity contribution in [3.8, 4) is 0 Å². The fourth-order valence-electron chi connectivity index (χ4n) is 3.34. The van der Waals surface area contributed by atoms with Crippen molar-refractivity contribution in [2.75, 3.05) is 0 Å². The maximum absolute atomic E-state index is 8.80. The number of hydrogen-bond acceptors (Lipinski definition) is 6. The van der Waals surface area contributed by atoms with Crippen LogP contribution in [-0.4, -0.2) is 33.9 Å². The summed E-state index contributed by atoms with van der Waals surface area (Å²) < 4.78 is 5.35. The van der Waals surface area contributed by atoms with Gasteiger partial charge < -0.3 is 10.8 Å². The molecular weight excluding hydrogens is 711 g/mol. The first-order chi connectivity index (χ1) is 17.2. The maximum Gasteiger partial charge on any atom is 0.0683 e. The minimum absolute atomic E-state index is 0. The molecule has 0 aromatic carbocycles. The van der Waals surface area contributed by atoms with Crippen LogP contribution in [0.25, 0.3) is 27.0 Å². The van der Waals surface area contributed by atoms with Gasteiger partial charge in [0.15, 0.2) is 0 Å². The number of aliphatic hydroxyl groups is 1. The molecule has 6 aromatic rings. The molecule has 6 aromatic heterocycles. The molecule has 3 N–H and O–H groups in total. The molecule has 38 heavy (non-hydrogen) atoms. The molecule has 0 fully saturated rings. The first kappa shape index (κ1) is 34.6. The van der Waals surface area contributed by atoms with Crippen LogP contribution in [-0.2, 0) is 118 Å². The minimum Gasteiger partial charge on any atom is -0.392 e. The van der Waals surface area contributed by atoms with E-state index in [0.29, 0.717) is 13.1 Å². The average Bonchev–Trinajstić information content (AvgIpc) is 3.67. The van der Waals surface area contributed by atoms with E-state index in [0.717, 1.165) is 33.2 Å². The molecule has 11 nitrogen and oxygen atoms in total. The van der Waals surface area contributed by atoms with Gasteiger partial charge in [0.05, 0.1) is 29.7 Å². The summed E-state index contributed by atoms with van der Waals surface area (Å²) in [4.78, 5) is 2.70. The van der Waals surface area contributed by atoms with Crippen LogP contribution in [0.3, 0.4) is 0 Å². The van der Waals surface area contributed by atoms with Crippen LogP contribution >= 0.6 is 0 Å². The fraction of sp³-hybridized carbons (Fsp3) is 0.125. The monoisotopic (exact) mass is 735 g/mol. The van der Waals surface area contributed by atoms with E-state index in [1.165, 1.54) is 0 Å². The zero-order valence-corrected chi connectivity index (χ0v) is 29.1. The van der Waals surface area contributed by atoms with E-state index in [2.05, 4.69) is 25.3 Å². The van der Waals surface area contributed by atoms with Crippen molar-refractivity contribution in [2.45, 2.75) is 19.7 Å². The number of rotatable bonds is 4. The molecule has 0 amide bonds. The van der Waals surface area contributed by atoms with Gasteiger partial charge in [-0.05, 0) is 76.8 Å². The molecule has 0 spiro atoms. The average molecular weight is 735 g/mol. The van der Waals surface area contributed by atoms with E-state index in [4.69, 9.17) is 16.4 Å². The molecule has 14 heteroatoms. The van der Waals surface area contributed by atoms with Crippen LogP contribution in [0.2, 0.25) is 0 Å². The predicted molar refractivity (Wildman–Crippen MR) is 132 cm³/mol. The van der Waals surface area contributed by atoms with E-state index < -0.39 is 0 Å². The van der Waals surface area contributed by atoms with Crippen molar-refractivity contribution in [3.63, 3.8) is 0 Å². The first-order valence-corrected chi connectivity index (χ1v) is 10.8. The summed E-state index contributed by atoms with van der Waals surface area (Å²) in [5, 5.41) is 24.4. The summed E-state index contributed by atoms with van der Waals surface area (Å²) in [5.41, 5.74) is 19.8. The van der Waals surface area contributed by atoms with Gasteiger partial charge in [-0.1, -0.05) is 5.11 Å². The third-order valence-electron chi connectivity index (χ3n) is 5.13. The Bertz CT molecular complexity index is 1520. The summed E-state index contributed by atoms with van der Waals surface area (Å²) in [5.74, 6) is 0. The van der Waals surface area contributed by atoms with Gasteiger partial charge in [0.25, 0.3) is 0 Å². The molecule has 185 valence electrons. The molecule has 0 unspecified atom stereocenters. The Labute approximate surface area is 294 Å². The van der Waals surface area contributed by atoms with Gasteiger partial charge in [0.1, 0.15) is 0 Å². The van der Waals surface area contributed by atoms with E-state index >= 15 is 0 Å². The van der Waals surface area contributed by atoms with Crippen molar-refractivity contribution in [3.05, 3.63) is 119 Å². The van der Waals surface area contributed by atoms with Crippen LogP contribution < -0.4 is 5.73 Å². The van der Waals surface area contributed by atoms with E-state index in [1.54, 1.807) is 27.6 Å². The SMILES string of the molecule is NCc1ccn2nccc2c1.OCc1ccn2nccc2c1.[N-]=[N+]=NCc1ccn2nccc2c1.[Y].[Y].[Y]. The second-order valence-electron chi connectivity index (χ2n) is 7.46. The number of aromatic nitrogens is 6. The van der Waals surface area contributed by atoms with Crippen LogP contribution in [0.1, 0.15) is 16.7 Å². The second-order valence-corrected chi connectivity index (χ2v) is 7.46. The number of fused-ring (bicyclic) bond motifs is 3. The van der Waals surface area contributed by atoms with E-state index in [-0.39, 0.29) is 105 Å². The number of pyridine rings is 3. The molecule has 6 heterocycles. The Kier molecular flexibility index (Phi) is 16.5. The zero-order chi connectivity index (χ0) is 24.5. The maximum atomic E-state index is 8.80. The minimum atomic E-state index is 0. The van der Waals surface area contributed by atoms with Crippen LogP contribution in [0, 0.1) is 0 Å². The molecule has 0 saturated carbocycles. The zero-order valence-electron chi connectivity index (χ0n) is 20.6. The molecular formula is C24H24N10OY3. The van der Waals surface area contributed by atoms with Gasteiger partial charge in [0.2, 0.25) is 0 Å². The molecule has 0 aliphatic carbocycles. The van der Waals surface area contributed by atoms with Gasteiger partial charge in [-0.25, -0.2) is 13.5 Å². The summed E-state index contributed by atoms with van der Waals surface area (Å²) in [6, 6.07) is 17.4. The quantitative estimate of drug-likeness (QED) is 0.161. The van der Waals surface area contributed by atoms with Crippen molar-refractivity contribution in [1.82, 2.24) is 28.8 Å². The number of nitrogens with zero attached hydrogens (tertiary/aromatic N) is 9. The largest absolute Gasteiger partial charge is 0.392 e. The Balaban J connectivity index is 0.000000275. The Morgan fingerprint density at radius 2 is 1.13 bits per heavy atom. The normalized spacial score (nSPS) is 9.53. The van der Waals surface area contributed by atoms with Gasteiger partial charge >= 0.3 is 0 Å². The number of azide groups is 1. The Morgan fingerprint density at radius 3 is 1.58 bits per heavy atom. The number of aliphatic hydroxyl groups excluding tert-OH is 1. The van der Waals surface area contributed by atoms with Gasteiger partial charge in [-0.3, -0.25) is 0 Å². The summed E-state index contributed by atoms with van der Waals surface area (Å²) in [6.45, 7) is 1.06. The van der Waals surface area contributed by atoms with Crippen molar-refractivity contribution in [2.24, 2.45) is 10.8 Å². The summed E-state index contributed by atoms with van der Waals surface area (Å²) in [6.07, 6.45) is 10.8. The predicted octanol–water partition coefficient (Wildman–Crippen LogP) is 3.76. The van der Waals surface area contributed by atoms with E-state index in [9.17, 15) is 0 Å². The number of hydrogen-bond donors (Lipinski definition) is 2. The third kappa shape index (κ3) is 9.66. The third-order valence-corrected chi connectivity index (χ3v) is 5.13. The van der Waals surface area contributed by atoms with Crippen LogP contribution in [0.5, 0.6) is 0 Å². The summed E-state index contributed by atoms with van der Waals surface area (Å²) in [7, 11) is 0. The molecule has 0 aliphatic rings. The fourth-order valence-corrected chi connectivity index (χ4v) is 3.34. The van der Waals surface area contributed by atoms with Crippen molar-refractivity contribution in [1.29, 1.82) is 0 Å². The van der Waals surface area contributed by atoms with Gasteiger partial charge in [-0.2, -0.15) is 15.3 Å². The van der Waals surface area contributed by atoms with Gasteiger partial charge in [-0.15, -0.1) is 0 Å². The molecule has 0 aliphatic heterocycles. The van der Waals surface area contributed by atoms with Crippen LogP contribution in [0.4, 0.5) is 0 Å². The van der Waals surface area contributed by atoms with Crippen molar-refractivity contribution < 1.29 is 103 Å². The second kappa shape index (κ2) is 18.1. The van der Waals surface area contributed by atoms with Crippen LogP contribution in [0.15, 0.2) is 96.9 Å². The van der Waals surface area contributed by atoms with Crippen molar-refractivity contribution >= 4 is 16.6 Å². The Morgan fingerprint density at radius 1 is 0.711 bits per heavy atom. The number of nitrogens with two attached hydrogens (primary N) is 1. The van der Waals surface area contributed by atoms with E-state index in [1.807, 2.05) is 77.7 Å². The first-order valence-electron chi connectivity index (χ1n) is 10.8. The molecule has 6 rings (SSSR count). The Hall–Kier alpha value is -1.39. The molecule has 0 atom stereocenters. The standard InChI is InChI=1S/C8H7N5.C8H9N3.C8H8N2O.3Y/c9-12-10-6-7-2-4-13-8(5-7)1-3-11-13;9-6-7-2-4-11-8(5-7)1-3-10-11;11-6-7-2-4-10-8(5-7)1-3-9-10;;;/h1-5H,6H2;1-5H,6,9H2;1-5,11H,6H2;;;. The molecule has 0 bridgehead atoms.